The summed E-state index contributed by atoms with van der Waals surface area (Å²) in [6, 6.07) is 3.97. The van der Waals surface area contributed by atoms with Gasteiger partial charge in [0.25, 0.3) is 0 Å². The molecule has 0 aromatic heterocycles. The van der Waals surface area contributed by atoms with Gasteiger partial charge in [0.15, 0.2) is 11.1 Å². The first-order valence-electron chi connectivity index (χ1n) is 7.54. The van der Waals surface area contributed by atoms with E-state index < -0.39 is 22.6 Å². The predicted octanol–water partition coefficient (Wildman–Crippen LogP) is 0.917. The highest BCUT2D eigenvalue weighted by atomic mass is 32.2. The molecule has 3 rings (SSSR count). The minimum Gasteiger partial charge on any atom is -0.464 e. The normalized spacial score (nSPS) is 25.4. The van der Waals surface area contributed by atoms with E-state index in [4.69, 9.17) is 8.92 Å². The number of amides is 1. The lowest BCUT2D eigenvalue weighted by Gasteiger charge is -2.27. The predicted molar refractivity (Wildman–Crippen MR) is 83.7 cm³/mol. The van der Waals surface area contributed by atoms with E-state index in [1.807, 2.05) is 12.1 Å². The minimum absolute atomic E-state index is 0.264. The van der Waals surface area contributed by atoms with Crippen molar-refractivity contribution in [2.45, 2.75) is 44.6 Å². The Morgan fingerprint density at radius 3 is 2.52 bits per heavy atom. The summed E-state index contributed by atoms with van der Waals surface area (Å²) in [5.41, 5.74) is 2.92. The molecule has 1 aromatic rings. The van der Waals surface area contributed by atoms with Gasteiger partial charge >= 0.3 is 5.97 Å². The first-order valence-corrected chi connectivity index (χ1v) is 8.79. The molecule has 1 aliphatic carbocycles. The van der Waals surface area contributed by atoms with Crippen molar-refractivity contribution < 1.29 is 22.7 Å². The molecule has 2 atom stereocenters. The van der Waals surface area contributed by atoms with Crippen LogP contribution in [0.2, 0.25) is 0 Å². The van der Waals surface area contributed by atoms with E-state index >= 15 is 0 Å². The molecule has 2 aliphatic rings. The van der Waals surface area contributed by atoms with E-state index in [1.54, 1.807) is 6.92 Å². The fourth-order valence-electron chi connectivity index (χ4n) is 3.29. The van der Waals surface area contributed by atoms with Crippen LogP contribution in [0.4, 0.5) is 0 Å². The summed E-state index contributed by atoms with van der Waals surface area (Å²) in [6.45, 7) is 3.71. The van der Waals surface area contributed by atoms with Crippen LogP contribution in [0.15, 0.2) is 12.1 Å². The van der Waals surface area contributed by atoms with Gasteiger partial charge in [0.2, 0.25) is 5.91 Å². The molecule has 0 radical (unpaired) electrons. The van der Waals surface area contributed by atoms with Gasteiger partial charge in [-0.1, -0.05) is 12.1 Å². The molecule has 0 saturated carbocycles. The van der Waals surface area contributed by atoms with Gasteiger partial charge in [-0.2, -0.15) is 0 Å². The maximum Gasteiger partial charge on any atom is 0.332 e. The van der Waals surface area contributed by atoms with Crippen LogP contribution in [0.1, 0.15) is 36.1 Å². The summed E-state index contributed by atoms with van der Waals surface area (Å²) >= 11 is -1.30. The first-order chi connectivity index (χ1) is 10.9. The number of ether oxygens (including phenoxy) is 1. The van der Waals surface area contributed by atoms with Gasteiger partial charge in [-0.15, -0.1) is 0 Å². The SMILES string of the molecule is CCOC(=O)[C@@]1(NC(C)=O)Cc2cc3c(cc2C1)CS(=O)OC3. The summed E-state index contributed by atoms with van der Waals surface area (Å²) in [7, 11) is 0. The Hall–Kier alpha value is -1.73. The Labute approximate surface area is 137 Å². The monoisotopic (exact) mass is 337 g/mol. The molecule has 0 saturated heterocycles. The Morgan fingerprint density at radius 2 is 1.91 bits per heavy atom. The molecule has 1 heterocycles. The molecule has 0 spiro atoms. The molecule has 1 aromatic carbocycles. The van der Waals surface area contributed by atoms with Crippen LogP contribution in [0, 0.1) is 0 Å². The van der Waals surface area contributed by atoms with Crippen molar-refractivity contribution in [2.24, 2.45) is 0 Å². The van der Waals surface area contributed by atoms with E-state index in [-0.39, 0.29) is 12.5 Å². The summed E-state index contributed by atoms with van der Waals surface area (Å²) in [4.78, 5) is 24.0. The number of carbonyl (C=O) groups is 2. The van der Waals surface area contributed by atoms with Crippen molar-refractivity contribution in [3.63, 3.8) is 0 Å². The van der Waals surface area contributed by atoms with Crippen molar-refractivity contribution in [3.05, 3.63) is 34.4 Å². The Morgan fingerprint density at radius 1 is 1.26 bits per heavy atom. The number of carbonyl (C=O) groups excluding carboxylic acids is 2. The number of hydrogen-bond donors (Lipinski definition) is 1. The molecule has 1 unspecified atom stereocenters. The van der Waals surface area contributed by atoms with Crippen molar-refractivity contribution in [3.8, 4) is 0 Å². The smallest absolute Gasteiger partial charge is 0.332 e. The van der Waals surface area contributed by atoms with Gasteiger partial charge in [-0.3, -0.25) is 8.98 Å². The highest BCUT2D eigenvalue weighted by molar-refractivity contribution is 7.79. The standard InChI is InChI=1S/C16H19NO5S/c1-3-21-15(19)16(17-10(2)18)6-11-4-13-8-22-23(20)9-14(13)5-12(11)7-16/h4-5H,3,6-9H2,1-2H3,(H,17,18)/t16-,23?/m1/s1. The molecule has 124 valence electrons. The van der Waals surface area contributed by atoms with Crippen molar-refractivity contribution in [1.82, 2.24) is 5.32 Å². The zero-order chi connectivity index (χ0) is 16.6. The molecule has 0 bridgehead atoms. The number of benzene rings is 1. The number of rotatable bonds is 3. The molecule has 1 N–H and O–H groups in total. The van der Waals surface area contributed by atoms with Crippen LogP contribution in [0.5, 0.6) is 0 Å². The van der Waals surface area contributed by atoms with Gasteiger partial charge in [-0.25, -0.2) is 9.00 Å². The Kier molecular flexibility index (Phi) is 4.25. The third kappa shape index (κ3) is 3.03. The van der Waals surface area contributed by atoms with E-state index in [0.29, 0.717) is 25.2 Å². The summed E-state index contributed by atoms with van der Waals surface area (Å²) in [5.74, 6) is -0.320. The van der Waals surface area contributed by atoms with Crippen LogP contribution in [-0.2, 0) is 54.8 Å². The summed E-state index contributed by atoms with van der Waals surface area (Å²) < 4.78 is 21.9. The van der Waals surface area contributed by atoms with Crippen molar-refractivity contribution in [1.29, 1.82) is 0 Å². The highest BCUT2D eigenvalue weighted by Gasteiger charge is 2.46. The Balaban J connectivity index is 1.95. The average Bonchev–Trinajstić information content (AvgIpc) is 2.82. The Bertz CT molecular complexity index is 702. The van der Waals surface area contributed by atoms with Crippen LogP contribution in [0.3, 0.4) is 0 Å². The van der Waals surface area contributed by atoms with E-state index in [2.05, 4.69) is 5.32 Å². The number of fused-ring (bicyclic) bond motifs is 2. The van der Waals surface area contributed by atoms with Crippen LogP contribution >= 0.6 is 0 Å². The van der Waals surface area contributed by atoms with Crippen LogP contribution in [-0.4, -0.2) is 28.2 Å². The summed E-state index contributed by atoms with van der Waals surface area (Å²) in [5, 5.41) is 2.78. The fraction of sp³-hybridized carbons (Fsp3) is 0.500. The molecule has 6 nitrogen and oxygen atoms in total. The fourth-order valence-corrected chi connectivity index (χ4v) is 4.15. The lowest BCUT2D eigenvalue weighted by Crippen LogP contribution is -2.55. The lowest BCUT2D eigenvalue weighted by molar-refractivity contribution is -0.152. The van der Waals surface area contributed by atoms with Crippen LogP contribution in [0.25, 0.3) is 0 Å². The van der Waals surface area contributed by atoms with E-state index in [1.165, 1.54) is 6.92 Å². The number of esters is 1. The number of nitrogens with one attached hydrogen (secondary N) is 1. The zero-order valence-electron chi connectivity index (χ0n) is 13.1. The summed E-state index contributed by atoms with van der Waals surface area (Å²) in [6.07, 6.45) is 0.790. The maximum absolute atomic E-state index is 12.4. The second-order valence-corrected chi connectivity index (χ2v) is 7.07. The molecular weight excluding hydrogens is 318 g/mol. The molecule has 1 aliphatic heterocycles. The average molecular weight is 337 g/mol. The van der Waals surface area contributed by atoms with E-state index in [0.717, 1.165) is 22.3 Å². The quantitative estimate of drug-likeness (QED) is 0.830. The maximum atomic E-state index is 12.4. The van der Waals surface area contributed by atoms with Gasteiger partial charge in [-0.05, 0) is 29.2 Å². The van der Waals surface area contributed by atoms with Crippen molar-refractivity contribution >= 4 is 23.0 Å². The first kappa shape index (κ1) is 16.1. The third-order valence-corrected chi connectivity index (χ3v) is 5.13. The zero-order valence-corrected chi connectivity index (χ0v) is 14.0. The van der Waals surface area contributed by atoms with E-state index in [9.17, 15) is 13.8 Å². The molecule has 0 fully saturated rings. The molecular formula is C16H19NO5S. The molecule has 7 heteroatoms. The third-order valence-electron chi connectivity index (χ3n) is 4.21. The second-order valence-electron chi connectivity index (χ2n) is 5.94. The van der Waals surface area contributed by atoms with Gasteiger partial charge in [0.1, 0.15) is 5.54 Å². The largest absolute Gasteiger partial charge is 0.464 e. The minimum atomic E-state index is -1.30. The highest BCUT2D eigenvalue weighted by Crippen LogP contribution is 2.35. The van der Waals surface area contributed by atoms with Crippen molar-refractivity contribution in [2.75, 3.05) is 6.61 Å². The van der Waals surface area contributed by atoms with Gasteiger partial charge in [0, 0.05) is 19.8 Å². The molecule has 1 amide bonds. The lowest BCUT2D eigenvalue weighted by atomic mass is 9.95. The topological polar surface area (TPSA) is 81.7 Å². The number of hydrogen-bond acceptors (Lipinski definition) is 5. The molecule has 23 heavy (non-hydrogen) atoms. The van der Waals surface area contributed by atoms with Crippen LogP contribution < -0.4 is 5.32 Å². The van der Waals surface area contributed by atoms with Gasteiger partial charge in [0.05, 0.1) is 19.0 Å². The van der Waals surface area contributed by atoms with Gasteiger partial charge < -0.3 is 10.1 Å². The second kappa shape index (κ2) is 6.05.